The molecular formula is C24H32N6OS. The third-order valence-electron chi connectivity index (χ3n) is 6.52. The number of hydrogen-bond donors (Lipinski definition) is 1. The zero-order valence-corrected chi connectivity index (χ0v) is 20.0. The highest BCUT2D eigenvalue weighted by atomic mass is 32.1. The molecule has 0 spiro atoms. The summed E-state index contributed by atoms with van der Waals surface area (Å²) in [6, 6.07) is 8.57. The lowest BCUT2D eigenvalue weighted by Crippen LogP contribution is -2.44. The van der Waals surface area contributed by atoms with Gasteiger partial charge in [0, 0.05) is 50.6 Å². The highest BCUT2D eigenvalue weighted by Gasteiger charge is 2.22. The van der Waals surface area contributed by atoms with Crippen molar-refractivity contribution < 1.29 is 4.74 Å². The maximum Gasteiger partial charge on any atom is 0.231 e. The molecule has 0 unspecified atom stereocenters. The van der Waals surface area contributed by atoms with Gasteiger partial charge in [0.1, 0.15) is 10.9 Å². The monoisotopic (exact) mass is 452 g/mol. The maximum atomic E-state index is 6.42. The minimum atomic E-state index is 0.208. The third kappa shape index (κ3) is 4.67. The Morgan fingerprint density at radius 2 is 1.62 bits per heavy atom. The van der Waals surface area contributed by atoms with Gasteiger partial charge in [-0.2, -0.15) is 4.98 Å². The predicted molar refractivity (Wildman–Crippen MR) is 133 cm³/mol. The van der Waals surface area contributed by atoms with Crippen LogP contribution in [0.15, 0.2) is 29.6 Å². The number of benzene rings is 1. The molecule has 0 amide bonds. The number of fused-ring (bicyclic) bond motifs is 1. The van der Waals surface area contributed by atoms with Crippen molar-refractivity contribution >= 4 is 38.9 Å². The molecule has 2 aliphatic heterocycles. The summed E-state index contributed by atoms with van der Waals surface area (Å²) in [7, 11) is 4.35. The van der Waals surface area contributed by atoms with Crippen LogP contribution in [0.25, 0.3) is 10.2 Å². The zero-order chi connectivity index (χ0) is 22.1. The lowest BCUT2D eigenvalue weighted by atomic mass is 10.1. The van der Waals surface area contributed by atoms with Crippen molar-refractivity contribution in [3.05, 3.63) is 35.2 Å². The molecule has 8 heteroatoms. The van der Waals surface area contributed by atoms with Gasteiger partial charge in [-0.25, -0.2) is 4.98 Å². The van der Waals surface area contributed by atoms with Crippen molar-refractivity contribution in [2.45, 2.75) is 25.9 Å². The van der Waals surface area contributed by atoms with Crippen LogP contribution in [0.5, 0.6) is 5.88 Å². The lowest BCUT2D eigenvalue weighted by molar-refractivity contribution is 0.111. The second kappa shape index (κ2) is 9.21. The van der Waals surface area contributed by atoms with Gasteiger partial charge in [-0.3, -0.25) is 0 Å². The average Bonchev–Trinajstić information content (AvgIpc) is 3.17. The Hall–Kier alpha value is -2.42. The van der Waals surface area contributed by atoms with Crippen LogP contribution in [-0.4, -0.2) is 79.2 Å². The Bertz CT molecular complexity index is 1050. The molecule has 7 nitrogen and oxygen atoms in total. The summed E-state index contributed by atoms with van der Waals surface area (Å²) in [5.74, 6) is 1.30. The first-order chi connectivity index (χ1) is 15.5. The van der Waals surface area contributed by atoms with Crippen molar-refractivity contribution in [2.75, 3.05) is 63.6 Å². The van der Waals surface area contributed by atoms with E-state index < -0.39 is 0 Å². The smallest absolute Gasteiger partial charge is 0.231 e. The predicted octanol–water partition coefficient (Wildman–Crippen LogP) is 3.97. The first-order valence-electron chi connectivity index (χ1n) is 11.5. The van der Waals surface area contributed by atoms with Gasteiger partial charge in [0.15, 0.2) is 0 Å². The van der Waals surface area contributed by atoms with Gasteiger partial charge in [0.25, 0.3) is 0 Å². The zero-order valence-electron chi connectivity index (χ0n) is 19.2. The molecular weight excluding hydrogens is 420 g/mol. The highest BCUT2D eigenvalue weighted by Crippen LogP contribution is 2.34. The molecule has 5 rings (SSSR count). The standard InChI is InChI=1S/C24H32N6OS/c1-17-16-32-23-21(17)22(31-20-8-10-28(2)11-9-20)26-24(27-23)25-18-4-6-19(7-5-18)30-14-12-29(3)13-15-30/h4-7,16,20H,8-15H2,1-3H3,(H,25,26,27). The molecule has 0 radical (unpaired) electrons. The lowest BCUT2D eigenvalue weighted by Gasteiger charge is -2.34. The third-order valence-corrected chi connectivity index (χ3v) is 7.51. The number of thiophene rings is 1. The minimum absolute atomic E-state index is 0.208. The molecule has 32 heavy (non-hydrogen) atoms. The molecule has 1 N–H and O–H groups in total. The van der Waals surface area contributed by atoms with E-state index in [-0.39, 0.29) is 6.10 Å². The van der Waals surface area contributed by atoms with Gasteiger partial charge in [-0.15, -0.1) is 11.3 Å². The normalized spacial score (nSPS) is 18.9. The Morgan fingerprint density at radius 1 is 0.938 bits per heavy atom. The topological polar surface area (TPSA) is 56.8 Å². The van der Waals surface area contributed by atoms with E-state index in [1.165, 1.54) is 11.3 Å². The summed E-state index contributed by atoms with van der Waals surface area (Å²) in [6.07, 6.45) is 2.27. The number of likely N-dealkylation sites (N-methyl/N-ethyl adjacent to an activating group) is 1. The van der Waals surface area contributed by atoms with E-state index in [0.717, 1.165) is 68.0 Å². The number of ether oxygens (including phenoxy) is 1. The second-order valence-electron chi connectivity index (χ2n) is 9.03. The van der Waals surface area contributed by atoms with E-state index in [2.05, 4.69) is 70.7 Å². The quantitative estimate of drug-likeness (QED) is 0.629. The van der Waals surface area contributed by atoms with Crippen molar-refractivity contribution in [1.82, 2.24) is 19.8 Å². The fourth-order valence-electron chi connectivity index (χ4n) is 4.40. The van der Waals surface area contributed by atoms with E-state index in [0.29, 0.717) is 11.8 Å². The summed E-state index contributed by atoms with van der Waals surface area (Å²) in [6.45, 7) is 8.57. The van der Waals surface area contributed by atoms with Gasteiger partial charge >= 0.3 is 0 Å². The molecule has 0 aliphatic carbocycles. The van der Waals surface area contributed by atoms with Gasteiger partial charge in [0.2, 0.25) is 11.8 Å². The van der Waals surface area contributed by atoms with Gasteiger partial charge in [-0.1, -0.05) is 0 Å². The summed E-state index contributed by atoms with van der Waals surface area (Å²) in [5.41, 5.74) is 3.43. The van der Waals surface area contributed by atoms with Gasteiger partial charge in [-0.05, 0) is 69.1 Å². The molecule has 0 bridgehead atoms. The number of piperidine rings is 1. The maximum absolute atomic E-state index is 6.42. The summed E-state index contributed by atoms with van der Waals surface area (Å²) in [5, 5.41) is 6.58. The molecule has 0 saturated carbocycles. The first kappa shape index (κ1) is 21.4. The Labute approximate surface area is 194 Å². The Kier molecular flexibility index (Phi) is 6.17. The van der Waals surface area contributed by atoms with Crippen molar-refractivity contribution in [1.29, 1.82) is 0 Å². The number of nitrogens with zero attached hydrogens (tertiary/aromatic N) is 5. The van der Waals surface area contributed by atoms with Crippen molar-refractivity contribution in [3.8, 4) is 5.88 Å². The van der Waals surface area contributed by atoms with E-state index in [1.54, 1.807) is 11.3 Å². The molecule has 2 fully saturated rings. The SMILES string of the molecule is Cc1csc2nc(Nc3ccc(N4CCN(C)CC4)cc3)nc(OC3CCN(C)CC3)c12. The average molecular weight is 453 g/mol. The van der Waals surface area contributed by atoms with Crippen LogP contribution in [-0.2, 0) is 0 Å². The molecule has 4 heterocycles. The van der Waals surface area contributed by atoms with Crippen LogP contribution in [0.4, 0.5) is 17.3 Å². The second-order valence-corrected chi connectivity index (χ2v) is 9.89. The summed E-state index contributed by atoms with van der Waals surface area (Å²) in [4.78, 5) is 17.7. The van der Waals surface area contributed by atoms with Crippen molar-refractivity contribution in [3.63, 3.8) is 0 Å². The molecule has 2 aromatic heterocycles. The van der Waals surface area contributed by atoms with Crippen LogP contribution in [0.3, 0.4) is 0 Å². The number of rotatable bonds is 5. The number of piperazine rings is 1. The molecule has 1 aromatic carbocycles. The first-order valence-corrected chi connectivity index (χ1v) is 12.3. The van der Waals surface area contributed by atoms with Crippen LogP contribution < -0.4 is 15.0 Å². The molecule has 3 aromatic rings. The largest absolute Gasteiger partial charge is 0.474 e. The van der Waals surface area contributed by atoms with E-state index in [1.807, 2.05) is 0 Å². The van der Waals surface area contributed by atoms with Crippen molar-refractivity contribution in [2.24, 2.45) is 0 Å². The fraction of sp³-hybridized carbons (Fsp3) is 0.500. The minimum Gasteiger partial charge on any atom is -0.474 e. The highest BCUT2D eigenvalue weighted by molar-refractivity contribution is 7.17. The Morgan fingerprint density at radius 3 is 2.34 bits per heavy atom. The number of likely N-dealkylation sites (tertiary alicyclic amines) is 1. The Balaban J connectivity index is 1.34. The number of hydrogen-bond acceptors (Lipinski definition) is 8. The number of anilines is 3. The fourth-order valence-corrected chi connectivity index (χ4v) is 5.31. The molecule has 0 atom stereocenters. The molecule has 2 aliphatic rings. The summed E-state index contributed by atoms with van der Waals surface area (Å²) < 4.78 is 6.42. The van der Waals surface area contributed by atoms with E-state index in [9.17, 15) is 0 Å². The van der Waals surface area contributed by atoms with Crippen LogP contribution in [0.2, 0.25) is 0 Å². The number of aromatic nitrogens is 2. The van der Waals surface area contributed by atoms with E-state index >= 15 is 0 Å². The van der Waals surface area contributed by atoms with Crippen LogP contribution in [0, 0.1) is 6.92 Å². The van der Waals surface area contributed by atoms with Crippen LogP contribution in [0.1, 0.15) is 18.4 Å². The number of aryl methyl sites for hydroxylation is 1. The number of nitrogens with one attached hydrogen (secondary N) is 1. The molecule has 2 saturated heterocycles. The van der Waals surface area contributed by atoms with Gasteiger partial charge < -0.3 is 24.8 Å². The van der Waals surface area contributed by atoms with Crippen LogP contribution >= 0.6 is 11.3 Å². The summed E-state index contributed by atoms with van der Waals surface area (Å²) >= 11 is 1.65. The van der Waals surface area contributed by atoms with E-state index in [4.69, 9.17) is 14.7 Å². The van der Waals surface area contributed by atoms with Gasteiger partial charge in [0.05, 0.1) is 5.39 Å². The molecule has 170 valence electrons.